The van der Waals surface area contributed by atoms with Gasteiger partial charge >= 0.3 is 0 Å². The molecule has 0 bridgehead atoms. The number of thiophene rings is 1. The summed E-state index contributed by atoms with van der Waals surface area (Å²) in [5, 5.41) is 9.91. The van der Waals surface area contributed by atoms with Crippen LogP contribution in [-0.2, 0) is 0 Å². The van der Waals surface area contributed by atoms with Crippen LogP contribution in [0.3, 0.4) is 0 Å². The molecule has 0 amide bonds. The molecule has 12 rings (SSSR count). The zero-order valence-electron chi connectivity index (χ0n) is 27.9. The number of benzene rings is 8. The van der Waals surface area contributed by atoms with Crippen LogP contribution in [0.25, 0.3) is 108 Å². The minimum Gasteiger partial charge on any atom is -0.456 e. The molecule has 0 unspecified atom stereocenters. The highest BCUT2D eigenvalue weighted by Crippen LogP contribution is 2.44. The molecule has 0 aliphatic heterocycles. The lowest BCUT2D eigenvalue weighted by Gasteiger charge is -2.10. The third kappa shape index (κ3) is 3.84. The lowest BCUT2D eigenvalue weighted by atomic mass is 10.0. The Kier molecular flexibility index (Phi) is 5.65. The summed E-state index contributed by atoms with van der Waals surface area (Å²) in [6.45, 7) is 0. The third-order valence-electron chi connectivity index (χ3n) is 10.9. The van der Waals surface area contributed by atoms with E-state index >= 15 is 0 Å². The third-order valence-corrected chi connectivity index (χ3v) is 12.0. The van der Waals surface area contributed by atoms with Crippen LogP contribution in [0, 0.1) is 0 Å². The Morgan fingerprint density at radius 1 is 0.346 bits per heavy atom. The lowest BCUT2D eigenvalue weighted by Crippen LogP contribution is -1.95. The number of aromatic nitrogens is 2. The van der Waals surface area contributed by atoms with E-state index in [-0.39, 0.29) is 0 Å². The van der Waals surface area contributed by atoms with E-state index in [1.165, 1.54) is 74.9 Å². The van der Waals surface area contributed by atoms with Crippen molar-refractivity contribution in [3.63, 3.8) is 0 Å². The summed E-state index contributed by atoms with van der Waals surface area (Å²) in [6, 6.07) is 61.8. The summed E-state index contributed by atoms with van der Waals surface area (Å²) in [5.41, 5.74) is 11.2. The number of furan rings is 1. The maximum Gasteiger partial charge on any atom is 0.137 e. The Morgan fingerprint density at radius 3 is 1.79 bits per heavy atom. The van der Waals surface area contributed by atoms with Crippen LogP contribution < -0.4 is 0 Å². The minimum absolute atomic E-state index is 0.891. The van der Waals surface area contributed by atoms with Gasteiger partial charge in [0.1, 0.15) is 11.2 Å². The first-order valence-electron chi connectivity index (χ1n) is 17.7. The van der Waals surface area contributed by atoms with Gasteiger partial charge in [-0.05, 0) is 77.9 Å². The highest BCUT2D eigenvalue weighted by atomic mass is 32.1. The van der Waals surface area contributed by atoms with Crippen LogP contribution in [0.2, 0.25) is 0 Å². The monoisotopic (exact) mass is 680 g/mol. The van der Waals surface area contributed by atoms with Crippen molar-refractivity contribution < 1.29 is 4.42 Å². The molecular formula is C48H28N2OS. The second-order valence-corrected chi connectivity index (χ2v) is 14.8. The van der Waals surface area contributed by atoms with Crippen molar-refractivity contribution in [3.05, 3.63) is 170 Å². The molecule has 0 radical (unpaired) electrons. The van der Waals surface area contributed by atoms with Gasteiger partial charge in [-0.2, -0.15) is 0 Å². The van der Waals surface area contributed by atoms with Crippen molar-refractivity contribution >= 4 is 97.1 Å². The molecule has 3 nitrogen and oxygen atoms in total. The molecule has 0 saturated carbocycles. The van der Waals surface area contributed by atoms with E-state index in [0.29, 0.717) is 0 Å². The fourth-order valence-electron chi connectivity index (χ4n) is 8.64. The van der Waals surface area contributed by atoms with Crippen molar-refractivity contribution in [2.45, 2.75) is 0 Å². The van der Waals surface area contributed by atoms with Gasteiger partial charge in [0, 0.05) is 69.9 Å². The zero-order chi connectivity index (χ0) is 33.9. The smallest absolute Gasteiger partial charge is 0.137 e. The average molecular weight is 681 g/mol. The SMILES string of the molecule is c1ccc(-n2c3ccccc3c3c4c5ccc(-c6ccc7c(c6)sc6ccccc67)cc5n(-c5ccc6c(c5)oc5ccccc56)c4ccc32)cc1. The maximum absolute atomic E-state index is 6.44. The van der Waals surface area contributed by atoms with Gasteiger partial charge in [-0.1, -0.05) is 97.1 Å². The van der Waals surface area contributed by atoms with Gasteiger partial charge in [0.15, 0.2) is 0 Å². The standard InChI is InChI=1S/C48H28N2OS/c1-2-10-31(11-3-1)49-39-15-7-4-14-37(39)47-40(49)24-25-41-48(47)38-22-19-29(30-18-21-36-35-13-6-9-17-45(35)52-46(36)27-30)26-42(38)50(41)32-20-23-34-33-12-5-8-16-43(33)51-44(34)28-32/h1-28H. The fraction of sp³-hybridized carbons (Fsp3) is 0. The van der Waals surface area contributed by atoms with E-state index in [9.17, 15) is 0 Å². The van der Waals surface area contributed by atoms with E-state index in [4.69, 9.17) is 4.42 Å². The summed E-state index contributed by atoms with van der Waals surface area (Å²) < 4.78 is 13.9. The number of hydrogen-bond donors (Lipinski definition) is 0. The van der Waals surface area contributed by atoms with Crippen LogP contribution in [-0.4, -0.2) is 9.13 Å². The van der Waals surface area contributed by atoms with Crippen molar-refractivity contribution in [1.82, 2.24) is 9.13 Å². The zero-order valence-corrected chi connectivity index (χ0v) is 28.7. The predicted molar refractivity (Wildman–Crippen MR) is 221 cm³/mol. The van der Waals surface area contributed by atoms with Crippen LogP contribution in [0.4, 0.5) is 0 Å². The highest BCUT2D eigenvalue weighted by Gasteiger charge is 2.22. The molecule has 0 atom stereocenters. The molecule has 12 aromatic rings. The topological polar surface area (TPSA) is 23.0 Å². The van der Waals surface area contributed by atoms with Gasteiger partial charge in [0.2, 0.25) is 0 Å². The number of fused-ring (bicyclic) bond motifs is 13. The average Bonchev–Trinajstić information content (AvgIpc) is 3.94. The minimum atomic E-state index is 0.891. The largest absolute Gasteiger partial charge is 0.456 e. The molecule has 52 heavy (non-hydrogen) atoms. The first-order valence-corrected chi connectivity index (χ1v) is 18.5. The molecule has 8 aromatic carbocycles. The fourth-order valence-corrected chi connectivity index (χ4v) is 9.78. The van der Waals surface area contributed by atoms with Gasteiger partial charge < -0.3 is 13.6 Å². The molecule has 0 N–H and O–H groups in total. The van der Waals surface area contributed by atoms with Gasteiger partial charge in [-0.25, -0.2) is 0 Å². The second-order valence-electron chi connectivity index (χ2n) is 13.7. The van der Waals surface area contributed by atoms with Crippen LogP contribution in [0.15, 0.2) is 174 Å². The summed E-state index contributed by atoms with van der Waals surface area (Å²) in [4.78, 5) is 0. The first-order chi connectivity index (χ1) is 25.8. The Labute approximate surface area is 301 Å². The molecule has 0 aliphatic carbocycles. The van der Waals surface area contributed by atoms with Crippen molar-refractivity contribution in [1.29, 1.82) is 0 Å². The first kappa shape index (κ1) is 28.1. The summed E-state index contributed by atoms with van der Waals surface area (Å²) >= 11 is 1.87. The summed E-state index contributed by atoms with van der Waals surface area (Å²) in [7, 11) is 0. The van der Waals surface area contributed by atoms with Gasteiger partial charge in [0.25, 0.3) is 0 Å². The molecule has 0 saturated heterocycles. The summed E-state index contributed by atoms with van der Waals surface area (Å²) in [6.07, 6.45) is 0. The molecule has 0 fully saturated rings. The molecule has 0 aliphatic rings. The van der Waals surface area contributed by atoms with Crippen molar-refractivity contribution in [2.24, 2.45) is 0 Å². The number of nitrogens with zero attached hydrogens (tertiary/aromatic N) is 2. The number of hydrogen-bond acceptors (Lipinski definition) is 2. The number of para-hydroxylation sites is 3. The van der Waals surface area contributed by atoms with Crippen LogP contribution in [0.5, 0.6) is 0 Å². The highest BCUT2D eigenvalue weighted by molar-refractivity contribution is 7.25. The van der Waals surface area contributed by atoms with Crippen LogP contribution in [0.1, 0.15) is 0 Å². The Balaban J connectivity index is 1.18. The normalized spacial score (nSPS) is 12.2. The number of rotatable bonds is 3. The summed E-state index contributed by atoms with van der Waals surface area (Å²) in [5.74, 6) is 0. The second kappa shape index (κ2) is 10.5. The van der Waals surface area contributed by atoms with E-state index < -0.39 is 0 Å². The molecule has 4 heterocycles. The Hall–Kier alpha value is -6.62. The van der Waals surface area contributed by atoms with E-state index in [0.717, 1.165) is 33.3 Å². The quantitative estimate of drug-likeness (QED) is 0.182. The van der Waals surface area contributed by atoms with E-state index in [1.807, 2.05) is 23.5 Å². The molecule has 0 spiro atoms. The Morgan fingerprint density at radius 2 is 0.942 bits per heavy atom. The van der Waals surface area contributed by atoms with Gasteiger partial charge in [0.05, 0.1) is 22.1 Å². The molecule has 4 heteroatoms. The van der Waals surface area contributed by atoms with E-state index in [2.05, 4.69) is 167 Å². The molecule has 4 aromatic heterocycles. The molecular weight excluding hydrogens is 653 g/mol. The van der Waals surface area contributed by atoms with Gasteiger partial charge in [-0.3, -0.25) is 0 Å². The van der Waals surface area contributed by atoms with Crippen LogP contribution >= 0.6 is 11.3 Å². The molecule has 242 valence electrons. The van der Waals surface area contributed by atoms with Crippen molar-refractivity contribution in [3.8, 4) is 22.5 Å². The van der Waals surface area contributed by atoms with Crippen molar-refractivity contribution in [2.75, 3.05) is 0 Å². The Bertz CT molecular complexity index is 3410. The maximum atomic E-state index is 6.44. The van der Waals surface area contributed by atoms with Gasteiger partial charge in [-0.15, -0.1) is 11.3 Å². The van der Waals surface area contributed by atoms with E-state index in [1.54, 1.807) is 0 Å². The lowest BCUT2D eigenvalue weighted by molar-refractivity contribution is 0.668. The predicted octanol–water partition coefficient (Wildman–Crippen LogP) is 13.8.